The van der Waals surface area contributed by atoms with Gasteiger partial charge in [0.25, 0.3) is 0 Å². The molecule has 0 saturated heterocycles. The Hall–Kier alpha value is -3.97. The highest BCUT2D eigenvalue weighted by Gasteiger charge is 2.12. The molecule has 0 fully saturated rings. The highest BCUT2D eigenvalue weighted by molar-refractivity contribution is 6.30. The molecule has 0 aliphatic carbocycles. The van der Waals surface area contributed by atoms with E-state index in [-0.39, 0.29) is 5.78 Å². The minimum Gasteiger partial charge on any atom is -0.493 e. The van der Waals surface area contributed by atoms with Crippen LogP contribution in [-0.2, 0) is 0 Å². The number of carbonyl (C=O) groups excluding carboxylic acids is 2. The van der Waals surface area contributed by atoms with Crippen molar-refractivity contribution in [1.29, 1.82) is 0 Å². The van der Waals surface area contributed by atoms with Crippen LogP contribution < -0.4 is 24.8 Å². The summed E-state index contributed by atoms with van der Waals surface area (Å²) in [4.78, 5) is 24.7. The molecule has 0 aliphatic heterocycles. The predicted molar refractivity (Wildman–Crippen MR) is 130 cm³/mol. The lowest BCUT2D eigenvalue weighted by Crippen LogP contribution is -2.19. The summed E-state index contributed by atoms with van der Waals surface area (Å²) in [6, 6.07) is 16.4. The normalized spacial score (nSPS) is 10.5. The molecular formula is C25H23ClN2O5. The van der Waals surface area contributed by atoms with Crippen molar-refractivity contribution in [3.05, 3.63) is 82.9 Å². The third kappa shape index (κ3) is 6.27. The Bertz CT molecular complexity index is 1130. The average molecular weight is 467 g/mol. The lowest BCUT2D eigenvalue weighted by Gasteiger charge is -2.12. The number of halogens is 1. The molecule has 3 rings (SSSR count). The van der Waals surface area contributed by atoms with Crippen LogP contribution in [0.5, 0.6) is 17.2 Å². The molecule has 33 heavy (non-hydrogen) atoms. The van der Waals surface area contributed by atoms with E-state index in [0.29, 0.717) is 39.2 Å². The summed E-state index contributed by atoms with van der Waals surface area (Å²) in [7, 11) is 4.59. The number of anilines is 2. The summed E-state index contributed by atoms with van der Waals surface area (Å²) in [5, 5.41) is 6.00. The minimum atomic E-state index is -0.404. The zero-order chi connectivity index (χ0) is 23.8. The molecule has 2 amide bonds. The fraction of sp³-hybridized carbons (Fsp3) is 0.120. The number of carbonyl (C=O) groups is 2. The number of ketones is 1. The van der Waals surface area contributed by atoms with Crippen molar-refractivity contribution in [3.8, 4) is 17.2 Å². The summed E-state index contributed by atoms with van der Waals surface area (Å²) < 4.78 is 16.0. The molecule has 7 nitrogen and oxygen atoms in total. The number of benzene rings is 3. The van der Waals surface area contributed by atoms with E-state index in [1.807, 2.05) is 0 Å². The second kappa shape index (κ2) is 11.1. The molecule has 0 bridgehead atoms. The second-order valence-electron chi connectivity index (χ2n) is 6.82. The van der Waals surface area contributed by atoms with E-state index in [4.69, 9.17) is 25.8 Å². The summed E-state index contributed by atoms with van der Waals surface area (Å²) in [6.07, 6.45) is 3.12. The van der Waals surface area contributed by atoms with E-state index in [1.165, 1.54) is 27.4 Å². The van der Waals surface area contributed by atoms with Crippen LogP contribution in [0.4, 0.5) is 16.2 Å². The molecule has 0 spiro atoms. The Labute approximate surface area is 196 Å². The highest BCUT2D eigenvalue weighted by atomic mass is 35.5. The van der Waals surface area contributed by atoms with Crippen molar-refractivity contribution in [1.82, 2.24) is 0 Å². The quantitative estimate of drug-likeness (QED) is 0.318. The van der Waals surface area contributed by atoms with Gasteiger partial charge >= 0.3 is 6.03 Å². The standard InChI is InChI=1S/C25H23ClN2O5/c1-31-22-14-16(15-23(32-2)24(22)33-3)4-13-21(29)17-5-9-19(10-6-17)27-25(30)28-20-11-7-18(26)8-12-20/h4-15H,1-3H3,(H2,27,28,30)/b13-4+. The molecular weight excluding hydrogens is 444 g/mol. The molecule has 0 aromatic heterocycles. The van der Waals surface area contributed by atoms with Gasteiger partial charge in [0.15, 0.2) is 17.3 Å². The van der Waals surface area contributed by atoms with Gasteiger partial charge in [-0.05, 0) is 72.3 Å². The lowest BCUT2D eigenvalue weighted by molar-refractivity contribution is 0.104. The molecule has 3 aromatic rings. The molecule has 0 saturated carbocycles. The fourth-order valence-electron chi connectivity index (χ4n) is 3.01. The van der Waals surface area contributed by atoms with E-state index in [9.17, 15) is 9.59 Å². The van der Waals surface area contributed by atoms with Crippen molar-refractivity contribution in [3.63, 3.8) is 0 Å². The lowest BCUT2D eigenvalue weighted by atomic mass is 10.1. The smallest absolute Gasteiger partial charge is 0.323 e. The zero-order valence-electron chi connectivity index (χ0n) is 18.3. The summed E-state index contributed by atoms with van der Waals surface area (Å²) >= 11 is 5.84. The first-order valence-corrected chi connectivity index (χ1v) is 10.3. The molecule has 0 atom stereocenters. The Kier molecular flexibility index (Phi) is 7.94. The summed E-state index contributed by atoms with van der Waals surface area (Å²) in [5.74, 6) is 1.28. The van der Waals surface area contributed by atoms with Crippen LogP contribution in [0.15, 0.2) is 66.7 Å². The van der Waals surface area contributed by atoms with Gasteiger partial charge in [0.2, 0.25) is 5.75 Å². The maximum absolute atomic E-state index is 12.6. The molecule has 0 aliphatic rings. The third-order valence-corrected chi connectivity index (χ3v) is 4.90. The van der Waals surface area contributed by atoms with Crippen LogP contribution in [0.1, 0.15) is 15.9 Å². The van der Waals surface area contributed by atoms with E-state index in [2.05, 4.69) is 10.6 Å². The van der Waals surface area contributed by atoms with E-state index < -0.39 is 6.03 Å². The topological polar surface area (TPSA) is 85.9 Å². The molecule has 2 N–H and O–H groups in total. The maximum atomic E-state index is 12.6. The van der Waals surface area contributed by atoms with Gasteiger partial charge in [-0.3, -0.25) is 4.79 Å². The van der Waals surface area contributed by atoms with Crippen LogP contribution in [-0.4, -0.2) is 33.1 Å². The highest BCUT2D eigenvalue weighted by Crippen LogP contribution is 2.38. The maximum Gasteiger partial charge on any atom is 0.323 e. The largest absolute Gasteiger partial charge is 0.493 e. The molecule has 0 radical (unpaired) electrons. The van der Waals surface area contributed by atoms with Gasteiger partial charge in [0, 0.05) is 22.0 Å². The second-order valence-corrected chi connectivity index (χ2v) is 7.26. The van der Waals surface area contributed by atoms with Crippen molar-refractivity contribution in [2.45, 2.75) is 0 Å². The first-order valence-electron chi connectivity index (χ1n) is 9.89. The van der Waals surface area contributed by atoms with Gasteiger partial charge in [-0.1, -0.05) is 17.7 Å². The van der Waals surface area contributed by atoms with E-state index in [0.717, 1.165) is 5.56 Å². The van der Waals surface area contributed by atoms with Crippen molar-refractivity contribution < 1.29 is 23.8 Å². The number of methoxy groups -OCH3 is 3. The molecule has 8 heteroatoms. The molecule has 0 heterocycles. The van der Waals surface area contributed by atoms with Gasteiger partial charge in [-0.2, -0.15) is 0 Å². The minimum absolute atomic E-state index is 0.194. The Morgan fingerprint density at radius 2 is 1.30 bits per heavy atom. The van der Waals surface area contributed by atoms with Gasteiger partial charge in [0.05, 0.1) is 21.3 Å². The van der Waals surface area contributed by atoms with Crippen LogP contribution in [0.3, 0.4) is 0 Å². The van der Waals surface area contributed by atoms with Crippen molar-refractivity contribution in [2.24, 2.45) is 0 Å². The zero-order valence-corrected chi connectivity index (χ0v) is 19.1. The van der Waals surface area contributed by atoms with Gasteiger partial charge < -0.3 is 24.8 Å². The number of urea groups is 1. The van der Waals surface area contributed by atoms with Crippen LogP contribution >= 0.6 is 11.6 Å². The first-order chi connectivity index (χ1) is 15.9. The summed E-state index contributed by atoms with van der Waals surface area (Å²) in [5.41, 5.74) is 2.35. The fourth-order valence-corrected chi connectivity index (χ4v) is 3.14. The molecule has 0 unspecified atom stereocenters. The monoisotopic (exact) mass is 466 g/mol. The Morgan fingerprint density at radius 1 is 0.788 bits per heavy atom. The number of allylic oxidation sites excluding steroid dienone is 1. The Balaban J connectivity index is 1.65. The van der Waals surface area contributed by atoms with Crippen molar-refractivity contribution >= 4 is 40.9 Å². The number of ether oxygens (including phenoxy) is 3. The van der Waals surface area contributed by atoms with Gasteiger partial charge in [-0.25, -0.2) is 4.79 Å². The third-order valence-electron chi connectivity index (χ3n) is 4.64. The SMILES string of the molecule is COc1cc(/C=C/C(=O)c2ccc(NC(=O)Nc3ccc(Cl)cc3)cc2)cc(OC)c1OC. The number of rotatable bonds is 8. The first kappa shape index (κ1) is 23.7. The van der Waals surface area contributed by atoms with Gasteiger partial charge in [-0.15, -0.1) is 0 Å². The number of nitrogens with one attached hydrogen (secondary N) is 2. The van der Waals surface area contributed by atoms with Crippen LogP contribution in [0.2, 0.25) is 5.02 Å². The number of amides is 2. The van der Waals surface area contributed by atoms with Crippen molar-refractivity contribution in [2.75, 3.05) is 32.0 Å². The predicted octanol–water partition coefficient (Wildman–Crippen LogP) is 5.91. The van der Waals surface area contributed by atoms with E-state index >= 15 is 0 Å². The van der Waals surface area contributed by atoms with Crippen LogP contribution in [0, 0.1) is 0 Å². The molecule has 3 aromatic carbocycles. The number of hydrogen-bond acceptors (Lipinski definition) is 5. The average Bonchev–Trinajstić information content (AvgIpc) is 2.83. The summed E-state index contributed by atoms with van der Waals surface area (Å²) in [6.45, 7) is 0. The van der Waals surface area contributed by atoms with E-state index in [1.54, 1.807) is 66.7 Å². The van der Waals surface area contributed by atoms with Gasteiger partial charge in [0.1, 0.15) is 0 Å². The Morgan fingerprint density at radius 3 is 1.79 bits per heavy atom. The number of hydrogen-bond donors (Lipinski definition) is 2. The molecule has 170 valence electrons. The van der Waals surface area contributed by atoms with Crippen LogP contribution in [0.25, 0.3) is 6.08 Å².